The van der Waals surface area contributed by atoms with Gasteiger partial charge in [-0.3, -0.25) is 4.79 Å². The number of carbonyl (C=O) groups excluding carboxylic acids is 1. The third-order valence-corrected chi connectivity index (χ3v) is 5.59. The molecule has 26 heavy (non-hydrogen) atoms. The molecule has 0 aliphatic carbocycles. The summed E-state index contributed by atoms with van der Waals surface area (Å²) < 4.78 is 13.8. The number of thiazole rings is 1. The molecule has 0 fully saturated rings. The van der Waals surface area contributed by atoms with Crippen molar-refractivity contribution < 1.29 is 14.3 Å². The van der Waals surface area contributed by atoms with Gasteiger partial charge in [0, 0.05) is 24.7 Å². The quantitative estimate of drug-likeness (QED) is 0.652. The third kappa shape index (κ3) is 2.90. The van der Waals surface area contributed by atoms with Gasteiger partial charge in [0.2, 0.25) is 6.79 Å². The average Bonchev–Trinajstić information content (AvgIpc) is 3.17. The fourth-order valence-electron chi connectivity index (χ4n) is 2.89. The van der Waals surface area contributed by atoms with Crippen molar-refractivity contribution in [2.24, 2.45) is 12.0 Å². The fraction of sp³-hybridized carbons (Fsp3) is 0.300. The molecule has 0 spiro atoms. The van der Waals surface area contributed by atoms with E-state index in [2.05, 4.69) is 25.8 Å². The van der Waals surface area contributed by atoms with Gasteiger partial charge in [-0.05, 0) is 23.1 Å². The molecule has 0 saturated heterocycles. The number of nitrogens with zero attached hydrogens (tertiary/aromatic N) is 2. The zero-order chi connectivity index (χ0) is 18.5. The van der Waals surface area contributed by atoms with Gasteiger partial charge in [0.25, 0.3) is 5.91 Å². The molecule has 6 heteroatoms. The van der Waals surface area contributed by atoms with Crippen LogP contribution in [-0.2, 0) is 12.5 Å². The van der Waals surface area contributed by atoms with Crippen LogP contribution < -0.4 is 14.3 Å². The molecule has 0 saturated carbocycles. The van der Waals surface area contributed by atoms with E-state index >= 15 is 0 Å². The Balaban J connectivity index is 1.71. The molecule has 1 aliphatic heterocycles. The summed E-state index contributed by atoms with van der Waals surface area (Å²) in [5, 5.41) is 0. The highest BCUT2D eigenvalue weighted by molar-refractivity contribution is 7.16. The molecular formula is C20H20N2O3S. The number of benzene rings is 2. The largest absolute Gasteiger partial charge is 0.454 e. The third-order valence-electron chi connectivity index (χ3n) is 4.50. The fourth-order valence-corrected chi connectivity index (χ4v) is 3.92. The zero-order valence-electron chi connectivity index (χ0n) is 15.2. The van der Waals surface area contributed by atoms with Crippen LogP contribution in [0, 0.1) is 0 Å². The maximum atomic E-state index is 12.6. The van der Waals surface area contributed by atoms with E-state index in [0.29, 0.717) is 10.4 Å². The van der Waals surface area contributed by atoms with E-state index < -0.39 is 0 Å². The summed E-state index contributed by atoms with van der Waals surface area (Å²) in [6.45, 7) is 6.69. The lowest BCUT2D eigenvalue weighted by atomic mass is 9.87. The lowest BCUT2D eigenvalue weighted by Crippen LogP contribution is -2.14. The molecule has 0 N–H and O–H groups in total. The van der Waals surface area contributed by atoms with Crippen LogP contribution in [0.1, 0.15) is 36.7 Å². The number of hydrogen-bond donors (Lipinski definition) is 0. The second kappa shape index (κ2) is 5.99. The highest BCUT2D eigenvalue weighted by Gasteiger charge is 2.17. The van der Waals surface area contributed by atoms with Crippen LogP contribution in [-0.4, -0.2) is 17.3 Å². The predicted molar refractivity (Wildman–Crippen MR) is 102 cm³/mol. The summed E-state index contributed by atoms with van der Waals surface area (Å²) in [4.78, 5) is 17.6. The summed E-state index contributed by atoms with van der Waals surface area (Å²) in [7, 11) is 1.90. The smallest absolute Gasteiger partial charge is 0.279 e. The molecule has 0 atom stereocenters. The maximum absolute atomic E-state index is 12.6. The van der Waals surface area contributed by atoms with E-state index in [1.54, 1.807) is 0 Å². The minimum absolute atomic E-state index is 0.0567. The first-order valence-electron chi connectivity index (χ1n) is 8.42. The highest BCUT2D eigenvalue weighted by Crippen LogP contribution is 2.36. The van der Waals surface area contributed by atoms with Crippen molar-refractivity contribution >= 4 is 27.5 Å². The average molecular weight is 368 g/mol. The summed E-state index contributed by atoms with van der Waals surface area (Å²) in [6.07, 6.45) is 0. The molecule has 1 aliphatic rings. The van der Waals surface area contributed by atoms with Crippen LogP contribution in [0.5, 0.6) is 11.5 Å². The van der Waals surface area contributed by atoms with Gasteiger partial charge in [-0.25, -0.2) is 0 Å². The van der Waals surface area contributed by atoms with E-state index in [1.807, 2.05) is 48.0 Å². The number of amides is 1. The molecular weight excluding hydrogens is 348 g/mol. The number of aromatic nitrogens is 1. The number of carbonyl (C=O) groups is 1. The molecule has 4 rings (SSSR count). The van der Waals surface area contributed by atoms with Crippen molar-refractivity contribution in [1.29, 1.82) is 0 Å². The minimum Gasteiger partial charge on any atom is -0.454 e. The molecule has 2 heterocycles. The Morgan fingerprint density at radius 1 is 1.12 bits per heavy atom. The molecule has 1 aromatic heterocycles. The summed E-state index contributed by atoms with van der Waals surface area (Å²) in [5.74, 6) is 1.21. The van der Waals surface area contributed by atoms with E-state index in [9.17, 15) is 4.79 Å². The highest BCUT2D eigenvalue weighted by atomic mass is 32.1. The van der Waals surface area contributed by atoms with Crippen molar-refractivity contribution in [1.82, 2.24) is 4.57 Å². The molecule has 3 aromatic rings. The first-order valence-corrected chi connectivity index (χ1v) is 9.23. The Labute approximate surface area is 155 Å². The van der Waals surface area contributed by atoms with E-state index in [0.717, 1.165) is 21.7 Å². The molecule has 134 valence electrons. The SMILES string of the molecule is Cn1c(=NC(=O)c2ccc(C(C)(C)C)cc2)sc2cc3c(cc21)OCO3. The van der Waals surface area contributed by atoms with Gasteiger partial charge < -0.3 is 14.0 Å². The monoisotopic (exact) mass is 368 g/mol. The lowest BCUT2D eigenvalue weighted by Gasteiger charge is -2.18. The van der Waals surface area contributed by atoms with Crippen LogP contribution in [0.2, 0.25) is 0 Å². The zero-order valence-corrected chi connectivity index (χ0v) is 16.0. The van der Waals surface area contributed by atoms with E-state index in [1.165, 1.54) is 16.9 Å². The molecule has 0 radical (unpaired) electrons. The summed E-state index contributed by atoms with van der Waals surface area (Å²) >= 11 is 1.46. The van der Waals surface area contributed by atoms with Gasteiger partial charge >= 0.3 is 0 Å². The first kappa shape index (κ1) is 16.8. The Morgan fingerprint density at radius 3 is 2.42 bits per heavy atom. The van der Waals surface area contributed by atoms with Crippen LogP contribution in [0.4, 0.5) is 0 Å². The van der Waals surface area contributed by atoms with Crippen LogP contribution >= 0.6 is 11.3 Å². The normalized spacial score (nSPS) is 14.2. The maximum Gasteiger partial charge on any atom is 0.279 e. The van der Waals surface area contributed by atoms with Gasteiger partial charge in [0.1, 0.15) is 0 Å². The van der Waals surface area contributed by atoms with Gasteiger partial charge in [0.15, 0.2) is 16.3 Å². The Bertz CT molecular complexity index is 1070. The van der Waals surface area contributed by atoms with Gasteiger partial charge in [-0.1, -0.05) is 44.2 Å². The van der Waals surface area contributed by atoms with Crippen molar-refractivity contribution in [2.45, 2.75) is 26.2 Å². The van der Waals surface area contributed by atoms with Crippen molar-refractivity contribution in [3.05, 3.63) is 52.3 Å². The van der Waals surface area contributed by atoms with Gasteiger partial charge in [-0.2, -0.15) is 4.99 Å². The van der Waals surface area contributed by atoms with Crippen molar-refractivity contribution in [3.8, 4) is 11.5 Å². The summed E-state index contributed by atoms with van der Waals surface area (Å²) in [6, 6.07) is 11.5. The number of hydrogen-bond acceptors (Lipinski definition) is 4. The van der Waals surface area contributed by atoms with Crippen molar-refractivity contribution in [3.63, 3.8) is 0 Å². The second-order valence-corrected chi connectivity index (χ2v) is 8.37. The number of rotatable bonds is 1. The Morgan fingerprint density at radius 2 is 1.77 bits per heavy atom. The standard InChI is InChI=1S/C20H20N2O3S/c1-20(2,3)13-7-5-12(6-8-13)18(23)21-19-22(4)14-9-15-16(25-11-24-15)10-17(14)26-19/h5-10H,11H2,1-4H3. The topological polar surface area (TPSA) is 52.8 Å². The lowest BCUT2D eigenvalue weighted by molar-refractivity contribution is 0.0998. The Hall–Kier alpha value is -2.60. The Kier molecular flexibility index (Phi) is 3.88. The molecule has 0 unspecified atom stereocenters. The van der Waals surface area contributed by atoms with Crippen LogP contribution in [0.3, 0.4) is 0 Å². The van der Waals surface area contributed by atoms with E-state index in [4.69, 9.17) is 9.47 Å². The number of ether oxygens (including phenoxy) is 2. The second-order valence-electron chi connectivity index (χ2n) is 7.36. The van der Waals surface area contributed by atoms with Crippen LogP contribution in [0.25, 0.3) is 10.2 Å². The number of fused-ring (bicyclic) bond motifs is 2. The molecule has 5 nitrogen and oxygen atoms in total. The van der Waals surface area contributed by atoms with E-state index in [-0.39, 0.29) is 18.1 Å². The molecule has 0 bridgehead atoms. The predicted octanol–water partition coefficient (Wildman–Crippen LogP) is 4.01. The molecule has 1 amide bonds. The number of aryl methyl sites for hydroxylation is 1. The van der Waals surface area contributed by atoms with Gasteiger partial charge in [0.05, 0.1) is 10.2 Å². The molecule has 2 aromatic carbocycles. The van der Waals surface area contributed by atoms with Crippen molar-refractivity contribution in [2.75, 3.05) is 6.79 Å². The minimum atomic E-state index is -0.243. The van der Waals surface area contributed by atoms with Crippen LogP contribution in [0.15, 0.2) is 41.4 Å². The first-order chi connectivity index (χ1) is 12.3. The van der Waals surface area contributed by atoms with Gasteiger partial charge in [-0.15, -0.1) is 0 Å². The summed E-state index contributed by atoms with van der Waals surface area (Å²) in [5.41, 5.74) is 2.80.